The van der Waals surface area contributed by atoms with Crippen LogP contribution < -0.4 is 25.4 Å². The number of β-amino-alcohol motifs (C(OH)–C–C–N with tert-alkyl or cyclic N) is 1. The maximum Gasteiger partial charge on any atom is 0.251 e. The summed E-state index contributed by atoms with van der Waals surface area (Å²) in [7, 11) is 0. The number of nitriles is 1. The van der Waals surface area contributed by atoms with E-state index in [1.807, 2.05) is 93.9 Å². The van der Waals surface area contributed by atoms with Gasteiger partial charge in [0.2, 0.25) is 17.7 Å². The Kier molecular flexibility index (Phi) is 15.2. The highest BCUT2D eigenvalue weighted by Gasteiger charge is 2.64. The SMILES string of the molecule is Cc1ncsc1-c1ccc(CNC(=O)[C@@H]2C[C@@H](O)CN2C(=O)[C@@H](NC(=O)CCCOc2ccc(-c3ccc(C(=O)N[C@H]4C(C)(C)[C@H](Oc5ccc(C#N)c(Cl)c5)C4(C)C)cc3)cc2)C(C)(C)C)cc1. The summed E-state index contributed by atoms with van der Waals surface area (Å²) >= 11 is 7.82. The lowest BCUT2D eigenvalue weighted by Crippen LogP contribution is -2.74. The van der Waals surface area contributed by atoms with E-state index in [4.69, 9.17) is 21.1 Å². The molecule has 4 aromatic carbocycles. The van der Waals surface area contributed by atoms with E-state index in [1.54, 1.807) is 41.7 Å². The zero-order valence-corrected chi connectivity index (χ0v) is 42.0. The molecule has 7 rings (SSSR count). The molecule has 1 saturated heterocycles. The van der Waals surface area contributed by atoms with Gasteiger partial charge in [-0.1, -0.05) is 109 Å². The molecule has 0 radical (unpaired) electrons. The van der Waals surface area contributed by atoms with Crippen molar-refractivity contribution in [3.63, 3.8) is 0 Å². The summed E-state index contributed by atoms with van der Waals surface area (Å²) in [6.07, 6.45) is -0.467. The number of hydrogen-bond acceptors (Lipinski definition) is 10. The fourth-order valence-corrected chi connectivity index (χ4v) is 10.8. The van der Waals surface area contributed by atoms with E-state index in [0.29, 0.717) is 34.1 Å². The standard InChI is InChI=1S/C54H61ClN6O7S/c1-32-45(69-31-58-32)36-13-11-33(12-14-36)29-57-48(65)43-26-39(62)30-61(43)49(66)46(52(2,3)4)59-44(63)10-9-25-67-40-22-19-35(20-23-40)34-15-17-37(18-16-34)47(64)60-50-53(5,6)51(54(50,7)8)68-41-24-21-38(28-56)42(55)27-41/h11-24,27,31,39,43,46,50-51,62H,9-10,25-26,29-30H2,1-8H3,(H,57,65)(H,59,63)(H,60,64)/t39-,43+,46-,50-,51-/m1/s1. The third-order valence-electron chi connectivity index (χ3n) is 13.3. The maximum absolute atomic E-state index is 14.1. The smallest absolute Gasteiger partial charge is 0.251 e. The highest BCUT2D eigenvalue weighted by Crippen LogP contribution is 2.55. The minimum Gasteiger partial charge on any atom is -0.494 e. The van der Waals surface area contributed by atoms with E-state index in [9.17, 15) is 29.5 Å². The fourth-order valence-electron chi connectivity index (χ4n) is 9.80. The molecule has 2 fully saturated rings. The summed E-state index contributed by atoms with van der Waals surface area (Å²) in [5.74, 6) is -0.0698. The Labute approximate surface area is 413 Å². The van der Waals surface area contributed by atoms with Crippen molar-refractivity contribution in [1.29, 1.82) is 5.26 Å². The van der Waals surface area contributed by atoms with Crippen LogP contribution in [0.2, 0.25) is 5.02 Å². The van der Waals surface area contributed by atoms with Gasteiger partial charge in [0, 0.05) is 54.4 Å². The number of aryl methyl sites for hydroxylation is 1. The Hall–Kier alpha value is -6.27. The van der Waals surface area contributed by atoms with E-state index in [2.05, 4.69) is 54.7 Å². The van der Waals surface area contributed by atoms with Gasteiger partial charge in [0.25, 0.3) is 5.91 Å². The average Bonchev–Trinajstić information content (AvgIpc) is 3.94. The molecule has 2 heterocycles. The average molecular weight is 974 g/mol. The van der Waals surface area contributed by atoms with Crippen molar-refractivity contribution in [2.24, 2.45) is 16.2 Å². The van der Waals surface area contributed by atoms with Crippen LogP contribution in [0.25, 0.3) is 21.6 Å². The lowest BCUT2D eigenvalue weighted by Gasteiger charge is -2.63. The molecule has 0 bridgehead atoms. The van der Waals surface area contributed by atoms with E-state index < -0.39 is 40.3 Å². The number of hydrogen-bond donors (Lipinski definition) is 4. The highest BCUT2D eigenvalue weighted by molar-refractivity contribution is 7.13. The summed E-state index contributed by atoms with van der Waals surface area (Å²) in [6.45, 7) is 16.3. The van der Waals surface area contributed by atoms with Gasteiger partial charge in [0.15, 0.2) is 0 Å². The second-order valence-electron chi connectivity index (χ2n) is 20.3. The van der Waals surface area contributed by atoms with Crippen molar-refractivity contribution >= 4 is 46.6 Å². The van der Waals surface area contributed by atoms with Gasteiger partial charge in [-0.25, -0.2) is 4.98 Å². The first-order valence-electron chi connectivity index (χ1n) is 23.2. The number of likely N-dealkylation sites (tertiary alicyclic amines) is 1. The molecule has 362 valence electrons. The number of aliphatic hydroxyl groups excluding tert-OH is 1. The number of ether oxygens (including phenoxy) is 2. The summed E-state index contributed by atoms with van der Waals surface area (Å²) in [6, 6.07) is 28.0. The van der Waals surface area contributed by atoms with Crippen LogP contribution in [-0.2, 0) is 20.9 Å². The first-order chi connectivity index (χ1) is 32.7. The molecule has 69 heavy (non-hydrogen) atoms. The normalized spacial score (nSPS) is 19.6. The molecular weight excluding hydrogens is 912 g/mol. The molecule has 0 unspecified atom stereocenters. The predicted molar refractivity (Wildman–Crippen MR) is 268 cm³/mol. The minimum absolute atomic E-state index is 0.00665. The first kappa shape index (κ1) is 50.6. The molecule has 0 spiro atoms. The van der Waals surface area contributed by atoms with Crippen molar-refractivity contribution in [2.75, 3.05) is 13.2 Å². The van der Waals surface area contributed by atoms with Crippen LogP contribution in [0.1, 0.15) is 94.9 Å². The first-order valence-corrected chi connectivity index (χ1v) is 24.5. The summed E-state index contributed by atoms with van der Waals surface area (Å²) in [5.41, 5.74) is 6.04. The van der Waals surface area contributed by atoms with Crippen LogP contribution in [0.5, 0.6) is 11.5 Å². The molecular formula is C54H61ClN6O7S. The number of thiazole rings is 1. The van der Waals surface area contributed by atoms with E-state index in [-0.39, 0.29) is 62.4 Å². The Morgan fingerprint density at radius 1 is 0.928 bits per heavy atom. The zero-order chi connectivity index (χ0) is 49.8. The molecule has 13 nitrogen and oxygen atoms in total. The molecule has 4 N–H and O–H groups in total. The van der Waals surface area contributed by atoms with Gasteiger partial charge >= 0.3 is 0 Å². The lowest BCUT2D eigenvalue weighted by atomic mass is 9.49. The van der Waals surface area contributed by atoms with Crippen molar-refractivity contribution in [1.82, 2.24) is 25.8 Å². The van der Waals surface area contributed by atoms with Crippen LogP contribution >= 0.6 is 22.9 Å². The minimum atomic E-state index is -0.928. The number of rotatable bonds is 16. The van der Waals surface area contributed by atoms with Crippen LogP contribution in [0, 0.1) is 34.5 Å². The van der Waals surface area contributed by atoms with Gasteiger partial charge in [-0.2, -0.15) is 5.26 Å². The molecule has 15 heteroatoms. The van der Waals surface area contributed by atoms with Gasteiger partial charge in [-0.3, -0.25) is 19.2 Å². The molecule has 1 aliphatic heterocycles. The number of carbonyl (C=O) groups is 4. The van der Waals surface area contributed by atoms with Crippen molar-refractivity contribution < 1.29 is 33.8 Å². The number of aromatic nitrogens is 1. The van der Waals surface area contributed by atoms with Gasteiger partial charge in [0.1, 0.15) is 35.8 Å². The number of halogens is 1. The molecule has 4 amide bonds. The summed E-state index contributed by atoms with van der Waals surface area (Å²) in [4.78, 5) is 61.1. The van der Waals surface area contributed by atoms with Crippen molar-refractivity contribution in [2.45, 2.75) is 112 Å². The van der Waals surface area contributed by atoms with Gasteiger partial charge < -0.3 is 35.4 Å². The number of carbonyl (C=O) groups excluding carboxylic acids is 4. The Morgan fingerprint density at radius 2 is 1.55 bits per heavy atom. The number of nitrogens with one attached hydrogen (secondary N) is 3. The van der Waals surface area contributed by atoms with Crippen LogP contribution in [0.15, 0.2) is 96.5 Å². The molecule has 3 atom stereocenters. The summed E-state index contributed by atoms with van der Waals surface area (Å²) < 4.78 is 12.3. The number of nitrogens with zero attached hydrogens (tertiary/aromatic N) is 3. The molecule has 2 aliphatic rings. The quantitative estimate of drug-likeness (QED) is 0.0702. The Balaban J connectivity index is 0.858. The Morgan fingerprint density at radius 3 is 2.14 bits per heavy atom. The van der Waals surface area contributed by atoms with Crippen LogP contribution in [0.3, 0.4) is 0 Å². The maximum atomic E-state index is 14.1. The van der Waals surface area contributed by atoms with Crippen LogP contribution in [0.4, 0.5) is 0 Å². The van der Waals surface area contributed by atoms with E-state index >= 15 is 0 Å². The van der Waals surface area contributed by atoms with Gasteiger partial charge in [-0.15, -0.1) is 11.3 Å². The third kappa shape index (κ3) is 11.4. The number of benzene rings is 4. The molecule has 1 saturated carbocycles. The summed E-state index contributed by atoms with van der Waals surface area (Å²) in [5, 5.41) is 29.3. The lowest BCUT2D eigenvalue weighted by molar-refractivity contribution is -0.164. The van der Waals surface area contributed by atoms with E-state index in [1.165, 1.54) is 4.90 Å². The Bertz CT molecular complexity index is 2690. The van der Waals surface area contributed by atoms with Crippen molar-refractivity contribution in [3.05, 3.63) is 124 Å². The van der Waals surface area contributed by atoms with Crippen LogP contribution in [-0.4, -0.2) is 82.1 Å². The molecule has 5 aromatic rings. The second-order valence-corrected chi connectivity index (χ2v) is 21.6. The van der Waals surface area contributed by atoms with Gasteiger partial charge in [-0.05, 0) is 77.4 Å². The van der Waals surface area contributed by atoms with Gasteiger partial charge in [0.05, 0.1) is 39.4 Å². The fraction of sp³-hybridized carbons (Fsp3) is 0.407. The molecule has 1 aliphatic carbocycles. The highest BCUT2D eigenvalue weighted by atomic mass is 35.5. The topological polar surface area (TPSA) is 183 Å². The molecule has 1 aromatic heterocycles. The second kappa shape index (κ2) is 20.8. The van der Waals surface area contributed by atoms with Crippen molar-refractivity contribution in [3.8, 4) is 39.1 Å². The third-order valence-corrected chi connectivity index (χ3v) is 14.6. The number of amides is 4. The number of aliphatic hydroxyl groups is 1. The van der Waals surface area contributed by atoms with E-state index in [0.717, 1.165) is 32.8 Å². The predicted octanol–water partition coefficient (Wildman–Crippen LogP) is 8.89. The zero-order valence-electron chi connectivity index (χ0n) is 40.4. The largest absolute Gasteiger partial charge is 0.494 e. The monoisotopic (exact) mass is 972 g/mol.